The maximum atomic E-state index is 12.9. The number of carbonyl (C=O) groups is 1. The first kappa shape index (κ1) is 20.2. The van der Waals surface area contributed by atoms with Gasteiger partial charge in [0, 0.05) is 11.1 Å². The van der Waals surface area contributed by atoms with Crippen molar-refractivity contribution < 1.29 is 9.53 Å². The second-order valence-corrected chi connectivity index (χ2v) is 7.74. The van der Waals surface area contributed by atoms with E-state index in [1.165, 1.54) is 11.8 Å². The van der Waals surface area contributed by atoms with Crippen LogP contribution in [0.25, 0.3) is 10.9 Å². The number of anilines is 1. The average molecular weight is 418 g/mol. The fraction of sp³-hybridized carbons (Fsp3) is 0.250. The van der Waals surface area contributed by atoms with Gasteiger partial charge in [-0.05, 0) is 44.2 Å². The normalized spacial score (nSPS) is 11.0. The number of aromatic nitrogens is 2. The number of nitrogens with zero attached hydrogens (tertiary/aromatic N) is 2. The molecular formula is C20H20ClN3O3S. The van der Waals surface area contributed by atoms with Gasteiger partial charge in [0.2, 0.25) is 5.91 Å². The van der Waals surface area contributed by atoms with Crippen LogP contribution in [0, 0.1) is 0 Å². The Balaban J connectivity index is 1.86. The highest BCUT2D eigenvalue weighted by atomic mass is 35.5. The summed E-state index contributed by atoms with van der Waals surface area (Å²) in [5.41, 5.74) is 0.960. The van der Waals surface area contributed by atoms with Gasteiger partial charge in [-0.2, -0.15) is 0 Å². The van der Waals surface area contributed by atoms with Crippen molar-refractivity contribution in [2.24, 2.45) is 0 Å². The van der Waals surface area contributed by atoms with E-state index in [-0.39, 0.29) is 23.3 Å². The number of hydrogen-bond acceptors (Lipinski definition) is 5. The fourth-order valence-corrected chi connectivity index (χ4v) is 3.87. The van der Waals surface area contributed by atoms with Crippen molar-refractivity contribution in [3.8, 4) is 5.75 Å². The number of amides is 1. The maximum Gasteiger partial charge on any atom is 0.262 e. The third kappa shape index (κ3) is 4.31. The lowest BCUT2D eigenvalue weighted by molar-refractivity contribution is -0.113. The summed E-state index contributed by atoms with van der Waals surface area (Å²) < 4.78 is 6.84. The molecule has 3 rings (SSSR count). The third-order valence-corrected chi connectivity index (χ3v) is 5.25. The molecule has 8 heteroatoms. The van der Waals surface area contributed by atoms with Crippen molar-refractivity contribution in [2.75, 3.05) is 18.2 Å². The predicted octanol–water partition coefficient (Wildman–Crippen LogP) is 4.37. The van der Waals surface area contributed by atoms with Crippen LogP contribution in [0.4, 0.5) is 5.69 Å². The van der Waals surface area contributed by atoms with Crippen LogP contribution in [-0.2, 0) is 4.79 Å². The van der Waals surface area contributed by atoms with Gasteiger partial charge >= 0.3 is 0 Å². The molecule has 0 radical (unpaired) electrons. The van der Waals surface area contributed by atoms with E-state index >= 15 is 0 Å². The van der Waals surface area contributed by atoms with Crippen LogP contribution in [0.3, 0.4) is 0 Å². The van der Waals surface area contributed by atoms with Gasteiger partial charge in [0.15, 0.2) is 5.16 Å². The molecule has 1 aromatic heterocycles. The van der Waals surface area contributed by atoms with E-state index in [9.17, 15) is 9.59 Å². The molecule has 0 aliphatic carbocycles. The quantitative estimate of drug-likeness (QED) is 0.476. The summed E-state index contributed by atoms with van der Waals surface area (Å²) in [5, 5.41) is 4.30. The van der Waals surface area contributed by atoms with Crippen molar-refractivity contribution in [3.63, 3.8) is 0 Å². The Labute approximate surface area is 171 Å². The lowest BCUT2D eigenvalue weighted by Gasteiger charge is -2.16. The number of methoxy groups -OCH3 is 1. The Morgan fingerprint density at radius 3 is 2.75 bits per heavy atom. The van der Waals surface area contributed by atoms with Crippen molar-refractivity contribution in [1.29, 1.82) is 0 Å². The average Bonchev–Trinajstić information content (AvgIpc) is 2.66. The highest BCUT2D eigenvalue weighted by Gasteiger charge is 2.16. The lowest BCUT2D eigenvalue weighted by Crippen LogP contribution is -2.25. The molecular weight excluding hydrogens is 398 g/mol. The summed E-state index contributed by atoms with van der Waals surface area (Å²) in [7, 11) is 1.55. The number of ether oxygens (including phenoxy) is 1. The van der Waals surface area contributed by atoms with E-state index < -0.39 is 0 Å². The minimum Gasteiger partial charge on any atom is -0.495 e. The SMILES string of the molecule is COc1ccccc1NC(=O)CSc1nc2cc(Cl)ccc2c(=O)n1C(C)C. The largest absolute Gasteiger partial charge is 0.495 e. The zero-order valence-corrected chi connectivity index (χ0v) is 17.3. The van der Waals surface area contributed by atoms with E-state index in [0.29, 0.717) is 32.5 Å². The molecule has 0 saturated carbocycles. The number of carbonyl (C=O) groups excluding carboxylic acids is 1. The summed E-state index contributed by atoms with van der Waals surface area (Å²) in [4.78, 5) is 29.9. The summed E-state index contributed by atoms with van der Waals surface area (Å²) in [5.74, 6) is 0.465. The topological polar surface area (TPSA) is 73.2 Å². The molecule has 6 nitrogen and oxygen atoms in total. The van der Waals surface area contributed by atoms with Crippen LogP contribution in [0.15, 0.2) is 52.4 Å². The van der Waals surface area contributed by atoms with Gasteiger partial charge in [0.1, 0.15) is 5.75 Å². The number of nitrogens with one attached hydrogen (secondary N) is 1. The maximum absolute atomic E-state index is 12.9. The van der Waals surface area contributed by atoms with Gasteiger partial charge in [-0.3, -0.25) is 14.2 Å². The molecule has 3 aromatic rings. The molecule has 0 spiro atoms. The van der Waals surface area contributed by atoms with Gasteiger partial charge in [0.25, 0.3) is 5.56 Å². The van der Waals surface area contributed by atoms with E-state index in [1.807, 2.05) is 26.0 Å². The van der Waals surface area contributed by atoms with Crippen molar-refractivity contribution in [1.82, 2.24) is 9.55 Å². The minimum atomic E-state index is -0.217. The fourth-order valence-electron chi connectivity index (χ4n) is 2.77. The van der Waals surface area contributed by atoms with E-state index in [0.717, 1.165) is 0 Å². The molecule has 146 valence electrons. The van der Waals surface area contributed by atoms with Gasteiger partial charge in [-0.15, -0.1) is 0 Å². The summed E-state index contributed by atoms with van der Waals surface area (Å²) in [6, 6.07) is 12.1. The van der Waals surface area contributed by atoms with Crippen molar-refractivity contribution in [3.05, 3.63) is 57.8 Å². The highest BCUT2D eigenvalue weighted by molar-refractivity contribution is 7.99. The minimum absolute atomic E-state index is 0.0974. The number of para-hydroxylation sites is 2. The first-order valence-corrected chi connectivity index (χ1v) is 10.0. The van der Waals surface area contributed by atoms with E-state index in [4.69, 9.17) is 16.3 Å². The second-order valence-electron chi connectivity index (χ2n) is 6.36. The van der Waals surface area contributed by atoms with Crippen molar-refractivity contribution in [2.45, 2.75) is 25.0 Å². The molecule has 1 heterocycles. The Hall–Kier alpha value is -2.51. The molecule has 0 fully saturated rings. The molecule has 0 aliphatic heterocycles. The monoisotopic (exact) mass is 417 g/mol. The molecule has 28 heavy (non-hydrogen) atoms. The van der Waals surface area contributed by atoms with Gasteiger partial charge in [0.05, 0.1) is 29.5 Å². The molecule has 0 unspecified atom stereocenters. The molecule has 1 amide bonds. The van der Waals surface area contributed by atoms with Crippen molar-refractivity contribution >= 4 is 45.9 Å². The Morgan fingerprint density at radius 2 is 2.04 bits per heavy atom. The summed E-state index contributed by atoms with van der Waals surface area (Å²) in [6.07, 6.45) is 0. The van der Waals surface area contributed by atoms with Crippen LogP contribution in [-0.4, -0.2) is 28.3 Å². The smallest absolute Gasteiger partial charge is 0.262 e. The summed E-state index contributed by atoms with van der Waals surface area (Å²) >= 11 is 7.25. The molecule has 0 aliphatic rings. The Bertz CT molecular complexity index is 1080. The zero-order chi connectivity index (χ0) is 20.3. The Morgan fingerprint density at radius 1 is 1.29 bits per heavy atom. The molecule has 0 atom stereocenters. The number of rotatable bonds is 6. The number of benzene rings is 2. The number of thioether (sulfide) groups is 1. The standard InChI is InChI=1S/C20H20ClN3O3S/c1-12(2)24-19(26)14-9-8-13(21)10-16(14)23-20(24)28-11-18(25)22-15-6-4-5-7-17(15)27-3/h4-10,12H,11H2,1-3H3,(H,22,25). The number of halogens is 1. The summed E-state index contributed by atoms with van der Waals surface area (Å²) in [6.45, 7) is 3.81. The Kier molecular flexibility index (Phi) is 6.26. The van der Waals surface area contributed by atoms with Crippen LogP contribution in [0.5, 0.6) is 5.75 Å². The zero-order valence-electron chi connectivity index (χ0n) is 15.7. The highest BCUT2D eigenvalue weighted by Crippen LogP contribution is 2.25. The van der Waals surface area contributed by atoms with Gasteiger partial charge in [-0.1, -0.05) is 35.5 Å². The van der Waals surface area contributed by atoms with Crippen LogP contribution in [0.2, 0.25) is 5.02 Å². The molecule has 2 aromatic carbocycles. The van der Waals surface area contributed by atoms with E-state index in [2.05, 4.69) is 10.3 Å². The van der Waals surface area contributed by atoms with Crippen LogP contribution < -0.4 is 15.6 Å². The first-order chi connectivity index (χ1) is 13.4. The molecule has 1 N–H and O–H groups in total. The predicted molar refractivity (Wildman–Crippen MR) is 114 cm³/mol. The molecule has 0 saturated heterocycles. The number of fused-ring (bicyclic) bond motifs is 1. The van der Waals surface area contributed by atoms with Gasteiger partial charge < -0.3 is 10.1 Å². The second kappa shape index (κ2) is 8.67. The van der Waals surface area contributed by atoms with Gasteiger partial charge in [-0.25, -0.2) is 4.98 Å². The number of hydrogen-bond donors (Lipinski definition) is 1. The van der Waals surface area contributed by atoms with E-state index in [1.54, 1.807) is 42.0 Å². The van der Waals surface area contributed by atoms with Crippen LogP contribution in [0.1, 0.15) is 19.9 Å². The van der Waals surface area contributed by atoms with Crippen LogP contribution >= 0.6 is 23.4 Å². The lowest BCUT2D eigenvalue weighted by atomic mass is 10.2. The third-order valence-electron chi connectivity index (χ3n) is 4.06. The first-order valence-electron chi connectivity index (χ1n) is 8.68. The molecule has 0 bridgehead atoms.